The molecule has 0 saturated heterocycles. The average molecular weight is 449 g/mol. The average Bonchev–Trinajstić information content (AvgIpc) is 2.81. The Bertz CT molecular complexity index is 1050. The molecule has 1 atom stereocenters. The molecule has 3 aromatic carbocycles. The van der Waals surface area contributed by atoms with Crippen molar-refractivity contribution in [3.63, 3.8) is 0 Å². The predicted molar refractivity (Wildman–Crippen MR) is 130 cm³/mol. The lowest BCUT2D eigenvalue weighted by Gasteiger charge is -2.31. The summed E-state index contributed by atoms with van der Waals surface area (Å²) in [7, 11) is 1.61. The van der Waals surface area contributed by atoms with Crippen LogP contribution < -0.4 is 5.32 Å². The number of hydrogen-bond acceptors (Lipinski definition) is 2. The van der Waals surface area contributed by atoms with Gasteiger partial charge in [0.1, 0.15) is 6.04 Å². The molecule has 0 spiro atoms. The van der Waals surface area contributed by atoms with Crippen LogP contribution in [0.1, 0.15) is 28.7 Å². The van der Waals surface area contributed by atoms with E-state index in [4.69, 9.17) is 11.6 Å². The number of amides is 2. The molecule has 0 unspecified atom stereocenters. The molecular formula is C27H29ClN2O2. The van der Waals surface area contributed by atoms with Gasteiger partial charge >= 0.3 is 0 Å². The van der Waals surface area contributed by atoms with E-state index in [1.807, 2.05) is 79.7 Å². The summed E-state index contributed by atoms with van der Waals surface area (Å²) in [6.45, 7) is 2.39. The number of rotatable bonds is 9. The highest BCUT2D eigenvalue weighted by molar-refractivity contribution is 6.31. The minimum absolute atomic E-state index is 0.0732. The normalized spacial score (nSPS) is 11.6. The summed E-state index contributed by atoms with van der Waals surface area (Å²) in [5, 5.41) is 3.40. The van der Waals surface area contributed by atoms with Crippen molar-refractivity contribution in [3.05, 3.63) is 106 Å². The number of likely N-dealkylation sites (N-methyl/N-ethyl adjacent to an activating group) is 1. The molecule has 0 bridgehead atoms. The van der Waals surface area contributed by atoms with Gasteiger partial charge in [-0.25, -0.2) is 0 Å². The van der Waals surface area contributed by atoms with Crippen LogP contribution in [0.3, 0.4) is 0 Å². The Morgan fingerprint density at radius 3 is 2.31 bits per heavy atom. The molecule has 0 aliphatic rings. The quantitative estimate of drug-likeness (QED) is 0.502. The zero-order valence-corrected chi connectivity index (χ0v) is 19.3. The van der Waals surface area contributed by atoms with Crippen molar-refractivity contribution in [2.75, 3.05) is 7.05 Å². The summed E-state index contributed by atoms with van der Waals surface area (Å²) in [6.07, 6.45) is 1.25. The zero-order valence-electron chi connectivity index (χ0n) is 18.6. The molecule has 166 valence electrons. The number of hydrogen-bond donors (Lipinski definition) is 1. The minimum Gasteiger partial charge on any atom is -0.357 e. The molecule has 3 rings (SSSR count). The summed E-state index contributed by atoms with van der Waals surface area (Å²) in [5.74, 6) is -0.247. The number of nitrogens with one attached hydrogen (secondary N) is 1. The largest absolute Gasteiger partial charge is 0.357 e. The minimum atomic E-state index is -0.610. The number of carbonyl (C=O) groups is 2. The van der Waals surface area contributed by atoms with Gasteiger partial charge in [0.15, 0.2) is 0 Å². The second-order valence-electron chi connectivity index (χ2n) is 7.92. The first kappa shape index (κ1) is 23.6. The highest BCUT2D eigenvalue weighted by Gasteiger charge is 2.29. The SMILES string of the molecule is CNC(=O)[C@@H](Cc1ccccc1)N(Cc1cccc(C)c1)C(=O)CCc1ccccc1Cl. The first-order chi connectivity index (χ1) is 15.5. The van der Waals surface area contributed by atoms with E-state index >= 15 is 0 Å². The molecule has 0 heterocycles. The van der Waals surface area contributed by atoms with Gasteiger partial charge in [0.05, 0.1) is 0 Å². The fourth-order valence-corrected chi connectivity index (χ4v) is 4.04. The van der Waals surface area contributed by atoms with Gasteiger partial charge < -0.3 is 10.2 Å². The smallest absolute Gasteiger partial charge is 0.242 e. The van der Waals surface area contributed by atoms with Crippen molar-refractivity contribution in [1.82, 2.24) is 10.2 Å². The van der Waals surface area contributed by atoms with Gasteiger partial charge in [0.2, 0.25) is 11.8 Å². The first-order valence-electron chi connectivity index (χ1n) is 10.8. The number of benzene rings is 3. The third kappa shape index (κ3) is 6.44. The van der Waals surface area contributed by atoms with Gasteiger partial charge in [-0.1, -0.05) is 90.0 Å². The molecule has 3 aromatic rings. The molecule has 0 radical (unpaired) electrons. The molecule has 0 aliphatic heterocycles. The van der Waals surface area contributed by atoms with Crippen molar-refractivity contribution < 1.29 is 9.59 Å². The van der Waals surface area contributed by atoms with Crippen LogP contribution >= 0.6 is 11.6 Å². The summed E-state index contributed by atoms with van der Waals surface area (Å²) in [4.78, 5) is 28.1. The zero-order chi connectivity index (χ0) is 22.9. The maximum absolute atomic E-state index is 13.5. The molecule has 4 nitrogen and oxygen atoms in total. The Balaban J connectivity index is 1.88. The third-order valence-corrected chi connectivity index (χ3v) is 5.89. The Morgan fingerprint density at radius 1 is 0.938 bits per heavy atom. The topological polar surface area (TPSA) is 49.4 Å². The highest BCUT2D eigenvalue weighted by atomic mass is 35.5. The van der Waals surface area contributed by atoms with Crippen LogP contribution in [-0.4, -0.2) is 29.8 Å². The van der Waals surface area contributed by atoms with E-state index in [0.717, 1.165) is 22.3 Å². The van der Waals surface area contributed by atoms with E-state index in [1.165, 1.54) is 0 Å². The lowest BCUT2D eigenvalue weighted by Crippen LogP contribution is -2.49. The van der Waals surface area contributed by atoms with E-state index in [0.29, 0.717) is 24.4 Å². The van der Waals surface area contributed by atoms with Gasteiger partial charge in [-0.3, -0.25) is 9.59 Å². The Morgan fingerprint density at radius 2 is 1.62 bits per heavy atom. The van der Waals surface area contributed by atoms with Crippen LogP contribution in [0.4, 0.5) is 0 Å². The van der Waals surface area contributed by atoms with Gasteiger partial charge in [-0.15, -0.1) is 0 Å². The van der Waals surface area contributed by atoms with Crippen LogP contribution in [0.25, 0.3) is 0 Å². The molecule has 1 N–H and O–H groups in total. The number of aryl methyl sites for hydroxylation is 2. The van der Waals surface area contributed by atoms with E-state index < -0.39 is 6.04 Å². The van der Waals surface area contributed by atoms with Crippen LogP contribution in [0.15, 0.2) is 78.9 Å². The number of carbonyl (C=O) groups excluding carboxylic acids is 2. The first-order valence-corrected chi connectivity index (χ1v) is 11.2. The maximum Gasteiger partial charge on any atom is 0.242 e. The molecule has 32 heavy (non-hydrogen) atoms. The molecule has 0 saturated carbocycles. The van der Waals surface area contributed by atoms with Gasteiger partial charge in [-0.05, 0) is 36.1 Å². The van der Waals surface area contributed by atoms with E-state index in [-0.39, 0.29) is 18.2 Å². The van der Waals surface area contributed by atoms with Gasteiger partial charge in [-0.2, -0.15) is 0 Å². The number of halogens is 1. The molecule has 2 amide bonds. The third-order valence-electron chi connectivity index (χ3n) is 5.52. The van der Waals surface area contributed by atoms with Crippen molar-refractivity contribution in [1.29, 1.82) is 0 Å². The standard InChI is InChI=1S/C27H29ClN2O2/c1-20-9-8-12-22(17-20)19-30(26(31)16-15-23-13-6-7-14-24(23)28)25(27(32)29-2)18-21-10-4-3-5-11-21/h3-14,17,25H,15-16,18-19H2,1-2H3,(H,29,32)/t25-/m1/s1. The summed E-state index contributed by atoms with van der Waals surface area (Å²) in [6, 6.07) is 24.8. The lowest BCUT2D eigenvalue weighted by molar-refractivity contribution is -0.141. The molecule has 5 heteroatoms. The Labute approximate surface area is 195 Å². The van der Waals surface area contributed by atoms with Crippen LogP contribution in [0.5, 0.6) is 0 Å². The monoisotopic (exact) mass is 448 g/mol. The van der Waals surface area contributed by atoms with E-state index in [1.54, 1.807) is 11.9 Å². The summed E-state index contributed by atoms with van der Waals surface area (Å²) < 4.78 is 0. The molecule has 0 fully saturated rings. The van der Waals surface area contributed by atoms with Gasteiger partial charge in [0.25, 0.3) is 0 Å². The summed E-state index contributed by atoms with van der Waals surface area (Å²) in [5.41, 5.74) is 4.05. The van der Waals surface area contributed by atoms with Crippen LogP contribution in [-0.2, 0) is 29.0 Å². The van der Waals surface area contributed by atoms with Gasteiger partial charge in [0, 0.05) is 31.5 Å². The highest BCUT2D eigenvalue weighted by Crippen LogP contribution is 2.20. The molecule has 0 aliphatic carbocycles. The van der Waals surface area contributed by atoms with Crippen molar-refractivity contribution >= 4 is 23.4 Å². The maximum atomic E-state index is 13.5. The van der Waals surface area contributed by atoms with Crippen molar-refractivity contribution in [2.24, 2.45) is 0 Å². The summed E-state index contributed by atoms with van der Waals surface area (Å²) >= 11 is 6.29. The van der Waals surface area contributed by atoms with Crippen LogP contribution in [0.2, 0.25) is 5.02 Å². The lowest BCUT2D eigenvalue weighted by atomic mass is 10.0. The number of nitrogens with zero attached hydrogens (tertiary/aromatic N) is 1. The second-order valence-corrected chi connectivity index (χ2v) is 8.33. The predicted octanol–water partition coefficient (Wildman–Crippen LogP) is 4.97. The van der Waals surface area contributed by atoms with Crippen molar-refractivity contribution in [2.45, 2.75) is 38.8 Å². The van der Waals surface area contributed by atoms with E-state index in [9.17, 15) is 9.59 Å². The second kappa shape index (κ2) is 11.5. The molecular weight excluding hydrogens is 420 g/mol. The fourth-order valence-electron chi connectivity index (χ4n) is 3.81. The van der Waals surface area contributed by atoms with Crippen molar-refractivity contribution in [3.8, 4) is 0 Å². The van der Waals surface area contributed by atoms with E-state index in [2.05, 4.69) is 11.4 Å². The van der Waals surface area contributed by atoms with Crippen LogP contribution in [0, 0.1) is 6.92 Å². The Kier molecular flexibility index (Phi) is 8.46. The molecule has 0 aromatic heterocycles. The Hall–Kier alpha value is -3.11. The fraction of sp³-hybridized carbons (Fsp3) is 0.259.